The summed E-state index contributed by atoms with van der Waals surface area (Å²) in [6, 6.07) is 5.49. The van der Waals surface area contributed by atoms with Crippen molar-refractivity contribution in [3.8, 4) is 11.5 Å². The van der Waals surface area contributed by atoms with Gasteiger partial charge in [-0.2, -0.15) is 0 Å². The van der Waals surface area contributed by atoms with Crippen molar-refractivity contribution in [2.75, 3.05) is 20.8 Å². The van der Waals surface area contributed by atoms with E-state index in [9.17, 15) is 0 Å². The van der Waals surface area contributed by atoms with Crippen LogP contribution in [0.25, 0.3) is 0 Å². The van der Waals surface area contributed by atoms with E-state index in [0.29, 0.717) is 6.42 Å². The fourth-order valence-corrected chi connectivity index (χ4v) is 1.52. The molecule has 0 bridgehead atoms. The Bertz CT molecular complexity index is 306. The summed E-state index contributed by atoms with van der Waals surface area (Å²) in [5, 5.41) is 8.76. The number of rotatable bonds is 6. The Morgan fingerprint density at radius 1 is 1.19 bits per heavy atom. The lowest BCUT2D eigenvalue weighted by atomic mass is 10.0. The fraction of sp³-hybridized carbons (Fsp3) is 0.500. The Kier molecular flexibility index (Phi) is 5.08. The molecule has 0 saturated carbocycles. The number of nitrogens with two attached hydrogens (primary N) is 1. The Balaban J connectivity index is 2.85. The lowest BCUT2D eigenvalue weighted by Crippen LogP contribution is -2.11. The van der Waals surface area contributed by atoms with Crippen molar-refractivity contribution in [2.45, 2.75) is 18.9 Å². The summed E-state index contributed by atoms with van der Waals surface area (Å²) in [7, 11) is 3.22. The largest absolute Gasteiger partial charge is 0.497 e. The third-order valence-corrected chi connectivity index (χ3v) is 2.48. The highest BCUT2D eigenvalue weighted by Gasteiger charge is 2.09. The Morgan fingerprint density at radius 3 is 2.19 bits per heavy atom. The summed E-state index contributed by atoms with van der Waals surface area (Å²) in [5.74, 6) is 1.46. The molecule has 1 atom stereocenters. The van der Waals surface area contributed by atoms with Gasteiger partial charge < -0.3 is 20.3 Å². The zero-order valence-electron chi connectivity index (χ0n) is 9.77. The van der Waals surface area contributed by atoms with E-state index in [1.165, 1.54) is 0 Å². The number of aliphatic hydroxyl groups excluding tert-OH is 1. The topological polar surface area (TPSA) is 64.7 Å². The van der Waals surface area contributed by atoms with Crippen LogP contribution in [0.15, 0.2) is 18.2 Å². The standard InChI is InChI=1S/C12H19NO3/c1-15-10-6-9(7-11(8-10)16-2)12(13)4-3-5-14/h6-8,12,14H,3-5,13H2,1-2H3/t12-/m1/s1. The fourth-order valence-electron chi connectivity index (χ4n) is 1.52. The van der Waals surface area contributed by atoms with Gasteiger partial charge in [0, 0.05) is 18.7 Å². The highest BCUT2D eigenvalue weighted by Crippen LogP contribution is 2.27. The molecule has 0 fully saturated rings. The summed E-state index contributed by atoms with van der Waals surface area (Å²) in [6.07, 6.45) is 1.44. The molecule has 0 unspecified atom stereocenters. The Labute approximate surface area is 96.0 Å². The number of hydrogen-bond donors (Lipinski definition) is 2. The molecule has 0 aliphatic heterocycles. The lowest BCUT2D eigenvalue weighted by molar-refractivity contribution is 0.280. The summed E-state index contributed by atoms with van der Waals surface area (Å²) in [5.41, 5.74) is 6.97. The molecule has 0 aliphatic rings. The van der Waals surface area contributed by atoms with Crippen LogP contribution in [0.2, 0.25) is 0 Å². The van der Waals surface area contributed by atoms with E-state index in [0.717, 1.165) is 23.5 Å². The average molecular weight is 225 g/mol. The van der Waals surface area contributed by atoms with E-state index in [1.54, 1.807) is 14.2 Å². The molecule has 4 nitrogen and oxygen atoms in total. The van der Waals surface area contributed by atoms with Crippen LogP contribution in [0, 0.1) is 0 Å². The molecule has 1 rings (SSSR count). The molecule has 0 heterocycles. The maximum absolute atomic E-state index is 8.76. The van der Waals surface area contributed by atoms with Crippen LogP contribution in [0.1, 0.15) is 24.4 Å². The maximum Gasteiger partial charge on any atom is 0.122 e. The van der Waals surface area contributed by atoms with Crippen molar-refractivity contribution < 1.29 is 14.6 Å². The third-order valence-electron chi connectivity index (χ3n) is 2.48. The van der Waals surface area contributed by atoms with Gasteiger partial charge in [0.25, 0.3) is 0 Å². The first-order chi connectivity index (χ1) is 7.71. The van der Waals surface area contributed by atoms with Crippen LogP contribution < -0.4 is 15.2 Å². The molecular formula is C12H19NO3. The molecule has 90 valence electrons. The van der Waals surface area contributed by atoms with E-state index < -0.39 is 0 Å². The second kappa shape index (κ2) is 6.35. The molecule has 1 aromatic rings. The van der Waals surface area contributed by atoms with Crippen molar-refractivity contribution in [1.29, 1.82) is 0 Å². The molecule has 16 heavy (non-hydrogen) atoms. The first-order valence-corrected chi connectivity index (χ1v) is 5.30. The van der Waals surface area contributed by atoms with Gasteiger partial charge in [0.2, 0.25) is 0 Å². The van der Waals surface area contributed by atoms with Gasteiger partial charge in [-0.15, -0.1) is 0 Å². The molecule has 4 heteroatoms. The number of benzene rings is 1. The van der Waals surface area contributed by atoms with E-state index in [4.69, 9.17) is 20.3 Å². The van der Waals surface area contributed by atoms with Gasteiger partial charge in [0.1, 0.15) is 11.5 Å². The van der Waals surface area contributed by atoms with Crippen molar-refractivity contribution in [1.82, 2.24) is 0 Å². The highest BCUT2D eigenvalue weighted by atomic mass is 16.5. The number of ether oxygens (including phenoxy) is 2. The van der Waals surface area contributed by atoms with Crippen LogP contribution in [-0.4, -0.2) is 25.9 Å². The van der Waals surface area contributed by atoms with Gasteiger partial charge in [-0.3, -0.25) is 0 Å². The van der Waals surface area contributed by atoms with E-state index in [-0.39, 0.29) is 12.6 Å². The molecule has 0 amide bonds. The van der Waals surface area contributed by atoms with Crippen LogP contribution in [-0.2, 0) is 0 Å². The highest BCUT2D eigenvalue weighted by molar-refractivity contribution is 5.39. The molecule has 0 saturated heterocycles. The summed E-state index contributed by atoms with van der Waals surface area (Å²) in [4.78, 5) is 0. The maximum atomic E-state index is 8.76. The van der Waals surface area contributed by atoms with Crippen LogP contribution in [0.5, 0.6) is 11.5 Å². The Morgan fingerprint density at radius 2 is 1.75 bits per heavy atom. The third kappa shape index (κ3) is 3.40. The molecular weight excluding hydrogens is 206 g/mol. The summed E-state index contributed by atoms with van der Waals surface area (Å²) < 4.78 is 10.3. The summed E-state index contributed by atoms with van der Waals surface area (Å²) >= 11 is 0. The minimum absolute atomic E-state index is 0.101. The Hall–Kier alpha value is -1.26. The number of methoxy groups -OCH3 is 2. The van der Waals surface area contributed by atoms with Crippen molar-refractivity contribution in [3.63, 3.8) is 0 Å². The van der Waals surface area contributed by atoms with Gasteiger partial charge in [-0.1, -0.05) is 0 Å². The first-order valence-electron chi connectivity index (χ1n) is 5.30. The smallest absolute Gasteiger partial charge is 0.122 e. The monoisotopic (exact) mass is 225 g/mol. The zero-order valence-corrected chi connectivity index (χ0v) is 9.77. The van der Waals surface area contributed by atoms with Crippen LogP contribution in [0.3, 0.4) is 0 Å². The first kappa shape index (κ1) is 12.8. The van der Waals surface area contributed by atoms with Gasteiger partial charge in [0.05, 0.1) is 14.2 Å². The second-order valence-corrected chi connectivity index (χ2v) is 3.62. The molecule has 3 N–H and O–H groups in total. The van der Waals surface area contributed by atoms with Gasteiger partial charge in [0.15, 0.2) is 0 Å². The molecule has 1 aromatic carbocycles. The van der Waals surface area contributed by atoms with Crippen LogP contribution in [0.4, 0.5) is 0 Å². The molecule has 0 spiro atoms. The zero-order chi connectivity index (χ0) is 12.0. The average Bonchev–Trinajstić information content (AvgIpc) is 2.35. The van der Waals surface area contributed by atoms with Gasteiger partial charge in [-0.25, -0.2) is 0 Å². The molecule has 0 aromatic heterocycles. The van der Waals surface area contributed by atoms with E-state index >= 15 is 0 Å². The van der Waals surface area contributed by atoms with Crippen molar-refractivity contribution >= 4 is 0 Å². The number of aliphatic hydroxyl groups is 1. The summed E-state index contributed by atoms with van der Waals surface area (Å²) in [6.45, 7) is 0.162. The minimum Gasteiger partial charge on any atom is -0.497 e. The SMILES string of the molecule is COc1cc(OC)cc([C@H](N)CCCO)c1. The number of hydrogen-bond acceptors (Lipinski definition) is 4. The quantitative estimate of drug-likeness (QED) is 0.769. The minimum atomic E-state index is -0.101. The van der Waals surface area contributed by atoms with Gasteiger partial charge >= 0.3 is 0 Å². The van der Waals surface area contributed by atoms with Crippen molar-refractivity contribution in [2.24, 2.45) is 5.73 Å². The predicted octanol–water partition coefficient (Wildman–Crippen LogP) is 1.48. The lowest BCUT2D eigenvalue weighted by Gasteiger charge is -2.14. The van der Waals surface area contributed by atoms with Gasteiger partial charge in [-0.05, 0) is 30.5 Å². The predicted molar refractivity (Wildman–Crippen MR) is 62.8 cm³/mol. The second-order valence-electron chi connectivity index (χ2n) is 3.62. The molecule has 0 radical (unpaired) electrons. The van der Waals surface area contributed by atoms with E-state index in [1.807, 2.05) is 18.2 Å². The molecule has 0 aliphatic carbocycles. The van der Waals surface area contributed by atoms with Crippen LogP contribution >= 0.6 is 0 Å². The van der Waals surface area contributed by atoms with Crippen molar-refractivity contribution in [3.05, 3.63) is 23.8 Å². The normalized spacial score (nSPS) is 12.2. The van der Waals surface area contributed by atoms with E-state index in [2.05, 4.69) is 0 Å².